The normalized spacial score (nSPS) is 34.3. The van der Waals surface area contributed by atoms with Gasteiger partial charge in [-0.25, -0.2) is 0 Å². The van der Waals surface area contributed by atoms with Crippen LogP contribution < -0.4 is 5.32 Å². The lowest BCUT2D eigenvalue weighted by Crippen LogP contribution is -2.39. The van der Waals surface area contributed by atoms with Gasteiger partial charge in [-0.3, -0.25) is 0 Å². The van der Waals surface area contributed by atoms with Crippen molar-refractivity contribution in [1.29, 1.82) is 0 Å². The van der Waals surface area contributed by atoms with Crippen LogP contribution in [0, 0.1) is 11.8 Å². The summed E-state index contributed by atoms with van der Waals surface area (Å²) in [5, 5.41) is 3.46. The number of halogens is 3. The minimum Gasteiger partial charge on any atom is -0.314 e. The van der Waals surface area contributed by atoms with Crippen LogP contribution in [0.5, 0.6) is 0 Å². The van der Waals surface area contributed by atoms with Crippen LogP contribution in [0.25, 0.3) is 0 Å². The number of hydrogen-bond acceptors (Lipinski definition) is 2. The van der Waals surface area contributed by atoms with Crippen molar-refractivity contribution in [2.75, 3.05) is 26.2 Å². The van der Waals surface area contributed by atoms with Crippen molar-refractivity contribution in [3.8, 4) is 0 Å². The predicted molar refractivity (Wildman–Crippen MR) is 65.4 cm³/mol. The van der Waals surface area contributed by atoms with E-state index in [2.05, 4.69) is 12.2 Å². The number of nitrogens with zero attached hydrogens (tertiary/aromatic N) is 1. The SMILES string of the molecule is CCNC1CCCC1CN1CCC(C(F)(F)F)C1. The second-order valence-corrected chi connectivity index (χ2v) is 5.64. The quantitative estimate of drug-likeness (QED) is 0.839. The van der Waals surface area contributed by atoms with Crippen LogP contribution in [0.2, 0.25) is 0 Å². The first-order chi connectivity index (χ1) is 8.50. The summed E-state index contributed by atoms with van der Waals surface area (Å²) in [6.45, 7) is 4.69. The zero-order valence-electron chi connectivity index (χ0n) is 11.0. The van der Waals surface area contributed by atoms with E-state index >= 15 is 0 Å². The Morgan fingerprint density at radius 3 is 2.61 bits per heavy atom. The van der Waals surface area contributed by atoms with Crippen LogP contribution in [-0.4, -0.2) is 43.3 Å². The Balaban J connectivity index is 1.80. The molecule has 1 saturated carbocycles. The molecule has 2 aliphatic rings. The number of nitrogens with one attached hydrogen (secondary N) is 1. The first kappa shape index (κ1) is 14.1. The molecule has 0 radical (unpaired) electrons. The van der Waals surface area contributed by atoms with Gasteiger partial charge in [-0.1, -0.05) is 13.3 Å². The Kier molecular flexibility index (Phi) is 4.54. The molecule has 2 rings (SSSR count). The molecule has 1 aliphatic heterocycles. The van der Waals surface area contributed by atoms with Gasteiger partial charge >= 0.3 is 6.18 Å². The fourth-order valence-corrected chi connectivity index (χ4v) is 3.38. The molecule has 0 bridgehead atoms. The van der Waals surface area contributed by atoms with Crippen molar-refractivity contribution in [2.24, 2.45) is 11.8 Å². The highest BCUT2D eigenvalue weighted by Crippen LogP contribution is 2.35. The summed E-state index contributed by atoms with van der Waals surface area (Å²) in [4.78, 5) is 2.01. The molecule has 18 heavy (non-hydrogen) atoms. The van der Waals surface area contributed by atoms with Gasteiger partial charge in [-0.05, 0) is 38.3 Å². The number of rotatable bonds is 4. The maximum Gasteiger partial charge on any atom is 0.393 e. The smallest absolute Gasteiger partial charge is 0.314 e. The van der Waals surface area contributed by atoms with Gasteiger partial charge in [-0.2, -0.15) is 13.2 Å². The van der Waals surface area contributed by atoms with E-state index in [0.29, 0.717) is 18.5 Å². The average molecular weight is 264 g/mol. The summed E-state index contributed by atoms with van der Waals surface area (Å²) in [5.41, 5.74) is 0. The van der Waals surface area contributed by atoms with Crippen molar-refractivity contribution in [3.05, 3.63) is 0 Å². The number of alkyl halides is 3. The lowest BCUT2D eigenvalue weighted by atomic mass is 10.0. The highest BCUT2D eigenvalue weighted by molar-refractivity contribution is 4.88. The van der Waals surface area contributed by atoms with Crippen LogP contribution >= 0.6 is 0 Å². The minimum absolute atomic E-state index is 0.207. The molecule has 106 valence electrons. The summed E-state index contributed by atoms with van der Waals surface area (Å²) in [6, 6.07) is 0.514. The van der Waals surface area contributed by atoms with Crippen molar-refractivity contribution < 1.29 is 13.2 Å². The van der Waals surface area contributed by atoms with Gasteiger partial charge in [0.05, 0.1) is 5.92 Å². The van der Waals surface area contributed by atoms with Gasteiger partial charge in [0, 0.05) is 19.1 Å². The topological polar surface area (TPSA) is 15.3 Å². The molecule has 1 N–H and O–H groups in total. The van der Waals surface area contributed by atoms with Crippen LogP contribution in [0.15, 0.2) is 0 Å². The molecule has 1 heterocycles. The molecule has 2 nitrogen and oxygen atoms in total. The van der Waals surface area contributed by atoms with Crippen molar-refractivity contribution >= 4 is 0 Å². The first-order valence-electron chi connectivity index (χ1n) is 7.03. The summed E-state index contributed by atoms with van der Waals surface area (Å²) in [5.74, 6) is -0.562. The van der Waals surface area contributed by atoms with Gasteiger partial charge in [-0.15, -0.1) is 0 Å². The second kappa shape index (κ2) is 5.78. The molecule has 2 fully saturated rings. The van der Waals surface area contributed by atoms with Crippen LogP contribution in [0.4, 0.5) is 13.2 Å². The summed E-state index contributed by atoms with van der Waals surface area (Å²) in [6.07, 6.45) is -0.188. The van der Waals surface area contributed by atoms with Gasteiger partial charge < -0.3 is 10.2 Å². The van der Waals surface area contributed by atoms with Crippen LogP contribution in [-0.2, 0) is 0 Å². The Bertz CT molecular complexity index is 267. The molecule has 0 aromatic rings. The van der Waals surface area contributed by atoms with E-state index in [1.165, 1.54) is 12.8 Å². The first-order valence-corrected chi connectivity index (χ1v) is 7.03. The van der Waals surface area contributed by atoms with Crippen LogP contribution in [0.1, 0.15) is 32.6 Å². The Labute approximate surface area is 107 Å². The second-order valence-electron chi connectivity index (χ2n) is 5.64. The molecule has 0 spiro atoms. The Hall–Kier alpha value is -0.290. The van der Waals surface area contributed by atoms with E-state index in [4.69, 9.17) is 0 Å². The van der Waals surface area contributed by atoms with Gasteiger partial charge in [0.25, 0.3) is 0 Å². The van der Waals surface area contributed by atoms with E-state index < -0.39 is 12.1 Å². The molecule has 0 amide bonds. The third kappa shape index (κ3) is 3.38. The van der Waals surface area contributed by atoms with E-state index in [1.54, 1.807) is 0 Å². The standard InChI is InChI=1S/C13H23F3N2/c1-2-17-12-5-3-4-10(12)8-18-7-6-11(9-18)13(14,15)16/h10-12,17H,2-9H2,1H3. The number of likely N-dealkylation sites (tertiary alicyclic amines) is 1. The van der Waals surface area contributed by atoms with Crippen molar-refractivity contribution in [1.82, 2.24) is 10.2 Å². The fraction of sp³-hybridized carbons (Fsp3) is 1.00. The number of hydrogen-bond donors (Lipinski definition) is 1. The van der Waals surface area contributed by atoms with Crippen molar-refractivity contribution in [2.45, 2.75) is 44.8 Å². The maximum absolute atomic E-state index is 12.6. The molecule has 3 atom stereocenters. The van der Waals surface area contributed by atoms with E-state index in [9.17, 15) is 13.2 Å². The molecule has 0 aromatic carbocycles. The van der Waals surface area contributed by atoms with Crippen LogP contribution in [0.3, 0.4) is 0 Å². The average Bonchev–Trinajstić information content (AvgIpc) is 2.89. The summed E-state index contributed by atoms with van der Waals surface area (Å²) < 4.78 is 37.8. The van der Waals surface area contributed by atoms with Gasteiger partial charge in [0.2, 0.25) is 0 Å². The third-order valence-electron chi connectivity index (χ3n) is 4.35. The fourth-order valence-electron chi connectivity index (χ4n) is 3.38. The Morgan fingerprint density at radius 1 is 1.22 bits per heavy atom. The van der Waals surface area contributed by atoms with E-state index in [0.717, 1.165) is 19.5 Å². The summed E-state index contributed by atoms with van der Waals surface area (Å²) >= 11 is 0. The molecule has 0 aromatic heterocycles. The zero-order chi connectivity index (χ0) is 13.2. The van der Waals surface area contributed by atoms with Gasteiger partial charge in [0.15, 0.2) is 0 Å². The lowest BCUT2D eigenvalue weighted by Gasteiger charge is -2.26. The molecular formula is C13H23F3N2. The van der Waals surface area contributed by atoms with E-state index in [-0.39, 0.29) is 13.0 Å². The zero-order valence-corrected chi connectivity index (χ0v) is 11.0. The van der Waals surface area contributed by atoms with E-state index in [1.807, 2.05) is 4.90 Å². The summed E-state index contributed by atoms with van der Waals surface area (Å²) in [7, 11) is 0. The third-order valence-corrected chi connectivity index (χ3v) is 4.35. The molecule has 1 aliphatic carbocycles. The van der Waals surface area contributed by atoms with Gasteiger partial charge in [0.1, 0.15) is 0 Å². The molecular weight excluding hydrogens is 241 g/mol. The largest absolute Gasteiger partial charge is 0.393 e. The Morgan fingerprint density at radius 2 is 2.00 bits per heavy atom. The molecule has 3 unspecified atom stereocenters. The molecule has 5 heteroatoms. The molecule has 1 saturated heterocycles. The predicted octanol–water partition coefficient (Wildman–Crippen LogP) is 2.65. The monoisotopic (exact) mass is 264 g/mol. The lowest BCUT2D eigenvalue weighted by molar-refractivity contribution is -0.170. The maximum atomic E-state index is 12.6. The highest BCUT2D eigenvalue weighted by Gasteiger charge is 2.44. The highest BCUT2D eigenvalue weighted by atomic mass is 19.4. The minimum atomic E-state index is -4.01. The van der Waals surface area contributed by atoms with Crippen molar-refractivity contribution in [3.63, 3.8) is 0 Å².